The zero-order chi connectivity index (χ0) is 14.2. The molecule has 19 heavy (non-hydrogen) atoms. The fourth-order valence-electron chi connectivity index (χ4n) is 2.20. The summed E-state index contributed by atoms with van der Waals surface area (Å²) in [6.45, 7) is 4.71. The largest absolute Gasteiger partial charge is 0.309 e. The van der Waals surface area contributed by atoms with Crippen LogP contribution in [0.2, 0.25) is 10.0 Å². The minimum atomic E-state index is -0.140. The molecule has 1 heterocycles. The van der Waals surface area contributed by atoms with Gasteiger partial charge in [-0.15, -0.1) is 0 Å². The maximum absolute atomic E-state index is 12.3. The Morgan fingerprint density at radius 3 is 2.68 bits per heavy atom. The van der Waals surface area contributed by atoms with Gasteiger partial charge in [-0.25, -0.2) is 0 Å². The molecule has 0 bridgehead atoms. The maximum atomic E-state index is 12.3. The highest BCUT2D eigenvalue weighted by atomic mass is 79.9. The van der Waals surface area contributed by atoms with Gasteiger partial charge in [-0.3, -0.25) is 4.79 Å². The van der Waals surface area contributed by atoms with Crippen LogP contribution in [0.25, 0.3) is 0 Å². The molecule has 1 amide bonds. The number of amides is 1. The molecule has 0 aromatic heterocycles. The summed E-state index contributed by atoms with van der Waals surface area (Å²) in [5, 5.41) is 4.11. The van der Waals surface area contributed by atoms with E-state index in [1.165, 1.54) is 0 Å². The molecule has 6 heteroatoms. The minimum absolute atomic E-state index is 0.0500. The van der Waals surface area contributed by atoms with Gasteiger partial charge in [0.2, 0.25) is 5.91 Å². The molecule has 1 aromatic rings. The fourth-order valence-corrected chi connectivity index (χ4v) is 3.07. The highest BCUT2D eigenvalue weighted by Gasteiger charge is 2.34. The SMILES string of the molecule is CC(C)NC1CCN(c2ccc(Br)c(Cl)c2Cl)C1=O. The smallest absolute Gasteiger partial charge is 0.244 e. The van der Waals surface area contributed by atoms with Crippen LogP contribution in [0.5, 0.6) is 0 Å². The third-order valence-corrected chi connectivity index (χ3v) is 4.81. The summed E-state index contributed by atoms with van der Waals surface area (Å²) in [6.07, 6.45) is 0.779. The van der Waals surface area contributed by atoms with Gasteiger partial charge in [0.05, 0.1) is 21.8 Å². The fraction of sp³-hybridized carbons (Fsp3) is 0.462. The van der Waals surface area contributed by atoms with Gasteiger partial charge in [-0.1, -0.05) is 37.0 Å². The van der Waals surface area contributed by atoms with Crippen LogP contribution in [0.4, 0.5) is 5.69 Å². The predicted molar refractivity (Wildman–Crippen MR) is 83.2 cm³/mol. The third-order valence-electron chi connectivity index (χ3n) is 3.05. The second-order valence-electron chi connectivity index (χ2n) is 4.85. The van der Waals surface area contributed by atoms with Crippen molar-refractivity contribution < 1.29 is 4.79 Å². The standard InChI is InChI=1S/C13H15BrCl2N2O/c1-7(2)17-9-5-6-18(13(9)19)10-4-3-8(14)11(15)12(10)16/h3-4,7,9,17H,5-6H2,1-2H3. The molecule has 1 atom stereocenters. The zero-order valence-corrected chi connectivity index (χ0v) is 13.8. The molecule has 1 saturated heterocycles. The van der Waals surface area contributed by atoms with E-state index in [2.05, 4.69) is 21.2 Å². The average Bonchev–Trinajstić information content (AvgIpc) is 2.68. The summed E-state index contributed by atoms with van der Waals surface area (Å²) >= 11 is 15.6. The Bertz CT molecular complexity index is 508. The van der Waals surface area contributed by atoms with E-state index in [-0.39, 0.29) is 18.0 Å². The van der Waals surface area contributed by atoms with E-state index in [1.54, 1.807) is 11.0 Å². The number of rotatable bonds is 3. The van der Waals surface area contributed by atoms with Crippen molar-refractivity contribution in [2.45, 2.75) is 32.4 Å². The van der Waals surface area contributed by atoms with Crippen LogP contribution in [0, 0.1) is 0 Å². The molecule has 1 unspecified atom stereocenters. The monoisotopic (exact) mass is 364 g/mol. The van der Waals surface area contributed by atoms with Crippen molar-refractivity contribution in [2.75, 3.05) is 11.4 Å². The molecule has 3 nitrogen and oxygen atoms in total. The van der Waals surface area contributed by atoms with E-state index in [4.69, 9.17) is 23.2 Å². The molecule has 1 aliphatic heterocycles. The van der Waals surface area contributed by atoms with Gasteiger partial charge in [-0.05, 0) is 34.5 Å². The summed E-state index contributed by atoms with van der Waals surface area (Å²) in [4.78, 5) is 14.0. The Hall–Kier alpha value is -0.290. The van der Waals surface area contributed by atoms with Gasteiger partial charge in [0, 0.05) is 17.1 Å². The van der Waals surface area contributed by atoms with Crippen molar-refractivity contribution in [3.8, 4) is 0 Å². The number of hydrogen-bond donors (Lipinski definition) is 1. The molecule has 1 aromatic carbocycles. The lowest BCUT2D eigenvalue weighted by atomic mass is 10.2. The average molecular weight is 366 g/mol. The molecule has 1 aliphatic rings. The molecule has 0 spiro atoms. The predicted octanol–water partition coefficient (Wildman–Crippen LogP) is 3.86. The van der Waals surface area contributed by atoms with Gasteiger partial charge in [0.1, 0.15) is 0 Å². The van der Waals surface area contributed by atoms with Crippen LogP contribution in [0.1, 0.15) is 20.3 Å². The first-order valence-corrected chi connectivity index (χ1v) is 7.67. The Morgan fingerprint density at radius 2 is 2.05 bits per heavy atom. The molecular weight excluding hydrogens is 351 g/mol. The molecule has 104 valence electrons. The summed E-state index contributed by atoms with van der Waals surface area (Å²) in [7, 11) is 0. The van der Waals surface area contributed by atoms with E-state index in [0.29, 0.717) is 22.3 Å². The van der Waals surface area contributed by atoms with Crippen LogP contribution in [0.3, 0.4) is 0 Å². The summed E-state index contributed by atoms with van der Waals surface area (Å²) < 4.78 is 0.728. The quantitative estimate of drug-likeness (QED) is 0.825. The number of nitrogens with zero attached hydrogens (tertiary/aromatic N) is 1. The molecule has 1 N–H and O–H groups in total. The van der Waals surface area contributed by atoms with E-state index in [0.717, 1.165) is 10.9 Å². The van der Waals surface area contributed by atoms with E-state index in [9.17, 15) is 4.79 Å². The lowest BCUT2D eigenvalue weighted by Gasteiger charge is -2.20. The van der Waals surface area contributed by atoms with Crippen molar-refractivity contribution >= 4 is 50.7 Å². The number of halogens is 3. The Kier molecular flexibility index (Phi) is 4.77. The van der Waals surface area contributed by atoms with Crippen LogP contribution < -0.4 is 10.2 Å². The lowest BCUT2D eigenvalue weighted by Crippen LogP contribution is -2.41. The first-order valence-electron chi connectivity index (χ1n) is 6.12. The summed E-state index contributed by atoms with van der Waals surface area (Å²) in [5.74, 6) is 0.0500. The second-order valence-corrected chi connectivity index (χ2v) is 6.46. The van der Waals surface area contributed by atoms with Gasteiger partial charge >= 0.3 is 0 Å². The third kappa shape index (κ3) is 3.07. The van der Waals surface area contributed by atoms with Crippen LogP contribution >= 0.6 is 39.1 Å². The molecule has 0 saturated carbocycles. The van der Waals surface area contributed by atoms with Gasteiger partial charge in [-0.2, -0.15) is 0 Å². The lowest BCUT2D eigenvalue weighted by molar-refractivity contribution is -0.118. The van der Waals surface area contributed by atoms with Gasteiger partial charge in [0.15, 0.2) is 0 Å². The topological polar surface area (TPSA) is 32.3 Å². The second kappa shape index (κ2) is 6.00. The van der Waals surface area contributed by atoms with Crippen molar-refractivity contribution in [3.05, 3.63) is 26.7 Å². The van der Waals surface area contributed by atoms with Gasteiger partial charge in [0.25, 0.3) is 0 Å². The Labute approximate surface area is 131 Å². The molecule has 0 radical (unpaired) electrons. The number of carbonyl (C=O) groups is 1. The van der Waals surface area contributed by atoms with E-state index in [1.807, 2.05) is 19.9 Å². The highest BCUT2D eigenvalue weighted by molar-refractivity contribution is 9.10. The van der Waals surface area contributed by atoms with Crippen LogP contribution in [-0.2, 0) is 4.79 Å². The maximum Gasteiger partial charge on any atom is 0.244 e. The Morgan fingerprint density at radius 1 is 1.37 bits per heavy atom. The van der Waals surface area contributed by atoms with Crippen molar-refractivity contribution in [1.82, 2.24) is 5.32 Å². The number of benzene rings is 1. The number of nitrogens with one attached hydrogen (secondary N) is 1. The highest BCUT2D eigenvalue weighted by Crippen LogP contribution is 2.39. The Balaban J connectivity index is 2.25. The molecule has 1 fully saturated rings. The van der Waals surface area contributed by atoms with E-state index < -0.39 is 0 Å². The van der Waals surface area contributed by atoms with Crippen molar-refractivity contribution in [2.24, 2.45) is 0 Å². The summed E-state index contributed by atoms with van der Waals surface area (Å²) in [5.41, 5.74) is 0.674. The number of hydrogen-bond acceptors (Lipinski definition) is 2. The van der Waals surface area contributed by atoms with Crippen LogP contribution in [-0.4, -0.2) is 24.5 Å². The molecular formula is C13H15BrCl2N2O. The normalized spacial score (nSPS) is 19.6. The van der Waals surface area contributed by atoms with Crippen LogP contribution in [0.15, 0.2) is 16.6 Å². The van der Waals surface area contributed by atoms with Gasteiger partial charge < -0.3 is 10.2 Å². The minimum Gasteiger partial charge on any atom is -0.309 e. The zero-order valence-electron chi connectivity index (χ0n) is 10.7. The molecule has 0 aliphatic carbocycles. The first-order chi connectivity index (χ1) is 8.91. The summed E-state index contributed by atoms with van der Waals surface area (Å²) in [6, 6.07) is 3.75. The van der Waals surface area contributed by atoms with Crippen molar-refractivity contribution in [1.29, 1.82) is 0 Å². The first kappa shape index (κ1) is 15.1. The van der Waals surface area contributed by atoms with Crippen molar-refractivity contribution in [3.63, 3.8) is 0 Å². The number of carbonyl (C=O) groups excluding carboxylic acids is 1. The number of anilines is 1. The van der Waals surface area contributed by atoms with E-state index >= 15 is 0 Å². The molecule has 2 rings (SSSR count).